The zero-order valence-corrected chi connectivity index (χ0v) is 9.54. The second-order valence-electron chi connectivity index (χ2n) is 3.89. The molecule has 2 aromatic rings. The second-order valence-corrected chi connectivity index (χ2v) is 3.89. The number of nitrogens with zero attached hydrogens (tertiary/aromatic N) is 2. The summed E-state index contributed by atoms with van der Waals surface area (Å²) in [6.45, 7) is 5.11. The van der Waals surface area contributed by atoms with Crippen LogP contribution in [0.2, 0.25) is 0 Å². The predicted octanol–water partition coefficient (Wildman–Crippen LogP) is 1.71. The van der Waals surface area contributed by atoms with Crippen molar-refractivity contribution < 1.29 is 0 Å². The van der Waals surface area contributed by atoms with E-state index in [4.69, 9.17) is 0 Å². The van der Waals surface area contributed by atoms with Gasteiger partial charge in [-0.1, -0.05) is 6.07 Å². The molecule has 0 aromatic carbocycles. The van der Waals surface area contributed by atoms with Crippen molar-refractivity contribution in [1.82, 2.24) is 14.7 Å². The maximum atomic E-state index is 4.46. The van der Waals surface area contributed by atoms with Gasteiger partial charge in [0.1, 0.15) is 5.82 Å². The molecule has 15 heavy (non-hydrogen) atoms. The third-order valence-corrected chi connectivity index (χ3v) is 2.72. The largest absolute Gasteiger partial charge is 0.319 e. The number of hydrogen-bond donors (Lipinski definition) is 1. The summed E-state index contributed by atoms with van der Waals surface area (Å²) >= 11 is 0. The van der Waals surface area contributed by atoms with Crippen molar-refractivity contribution in [1.29, 1.82) is 0 Å². The zero-order valence-electron chi connectivity index (χ0n) is 9.54. The SMILES string of the molecule is CNCCc1ccc2c(C)nc(C)n2c1. The van der Waals surface area contributed by atoms with Crippen LogP contribution in [0.25, 0.3) is 5.52 Å². The molecular formula is C12H17N3. The van der Waals surface area contributed by atoms with Crippen LogP contribution in [0.3, 0.4) is 0 Å². The predicted molar refractivity (Wildman–Crippen MR) is 62.3 cm³/mol. The van der Waals surface area contributed by atoms with Gasteiger partial charge >= 0.3 is 0 Å². The summed E-state index contributed by atoms with van der Waals surface area (Å²) in [5.41, 5.74) is 3.66. The Kier molecular flexibility index (Phi) is 2.73. The van der Waals surface area contributed by atoms with Crippen LogP contribution in [-0.4, -0.2) is 23.0 Å². The molecule has 0 aliphatic carbocycles. The molecule has 0 radical (unpaired) electrons. The van der Waals surface area contributed by atoms with Gasteiger partial charge in [-0.2, -0.15) is 0 Å². The molecule has 3 nitrogen and oxygen atoms in total. The van der Waals surface area contributed by atoms with Crippen LogP contribution in [0.5, 0.6) is 0 Å². The van der Waals surface area contributed by atoms with Crippen molar-refractivity contribution >= 4 is 5.52 Å². The van der Waals surface area contributed by atoms with Crippen molar-refractivity contribution in [2.45, 2.75) is 20.3 Å². The standard InChI is InChI=1S/C12H17N3/c1-9-12-5-4-11(6-7-13-3)8-15(12)10(2)14-9/h4-5,8,13H,6-7H2,1-3H3. The van der Waals surface area contributed by atoms with Crippen LogP contribution in [0.1, 0.15) is 17.1 Å². The van der Waals surface area contributed by atoms with Crippen LogP contribution in [0.15, 0.2) is 18.3 Å². The maximum absolute atomic E-state index is 4.46. The Balaban J connectivity index is 2.41. The van der Waals surface area contributed by atoms with E-state index < -0.39 is 0 Å². The third kappa shape index (κ3) is 1.88. The Hall–Kier alpha value is -1.35. The first-order chi connectivity index (χ1) is 7.22. The van der Waals surface area contributed by atoms with Gasteiger partial charge in [0.2, 0.25) is 0 Å². The van der Waals surface area contributed by atoms with Crippen molar-refractivity contribution in [3.63, 3.8) is 0 Å². The van der Waals surface area contributed by atoms with Gasteiger partial charge in [-0.25, -0.2) is 4.98 Å². The normalized spacial score (nSPS) is 11.1. The number of rotatable bonds is 3. The quantitative estimate of drug-likeness (QED) is 0.823. The van der Waals surface area contributed by atoms with E-state index in [2.05, 4.69) is 40.0 Å². The smallest absolute Gasteiger partial charge is 0.110 e. The van der Waals surface area contributed by atoms with Crippen LogP contribution in [0, 0.1) is 13.8 Å². The second kappa shape index (κ2) is 4.03. The van der Waals surface area contributed by atoms with Gasteiger partial charge in [0.25, 0.3) is 0 Å². The molecule has 2 aromatic heterocycles. The summed E-state index contributed by atoms with van der Waals surface area (Å²) < 4.78 is 2.17. The summed E-state index contributed by atoms with van der Waals surface area (Å²) in [6.07, 6.45) is 3.24. The lowest BCUT2D eigenvalue weighted by Gasteiger charge is -2.03. The molecule has 2 heterocycles. The molecule has 2 rings (SSSR count). The molecule has 0 amide bonds. The van der Waals surface area contributed by atoms with Crippen molar-refractivity contribution in [3.8, 4) is 0 Å². The Bertz CT molecular complexity index is 471. The molecular weight excluding hydrogens is 186 g/mol. The van der Waals surface area contributed by atoms with Crippen LogP contribution < -0.4 is 5.32 Å². The van der Waals surface area contributed by atoms with Gasteiger partial charge in [0.15, 0.2) is 0 Å². The molecule has 0 saturated carbocycles. The Morgan fingerprint density at radius 2 is 2.13 bits per heavy atom. The van der Waals surface area contributed by atoms with Crippen LogP contribution >= 0.6 is 0 Å². The Labute approximate surface area is 90.1 Å². The number of aryl methyl sites for hydroxylation is 2. The summed E-state index contributed by atoms with van der Waals surface area (Å²) in [4.78, 5) is 4.46. The first kappa shape index (κ1) is 10.2. The van der Waals surface area contributed by atoms with E-state index in [0.29, 0.717) is 0 Å². The number of pyridine rings is 1. The highest BCUT2D eigenvalue weighted by molar-refractivity contribution is 5.53. The molecule has 0 aliphatic heterocycles. The number of nitrogens with one attached hydrogen (secondary N) is 1. The molecule has 0 fully saturated rings. The van der Waals surface area contributed by atoms with Gasteiger partial charge in [0, 0.05) is 6.20 Å². The highest BCUT2D eigenvalue weighted by Crippen LogP contribution is 2.13. The number of fused-ring (bicyclic) bond motifs is 1. The summed E-state index contributed by atoms with van der Waals surface area (Å²) in [5.74, 6) is 1.06. The zero-order chi connectivity index (χ0) is 10.8. The van der Waals surface area contributed by atoms with Crippen molar-refractivity contribution in [2.75, 3.05) is 13.6 Å². The molecule has 0 bridgehead atoms. The van der Waals surface area contributed by atoms with E-state index in [-0.39, 0.29) is 0 Å². The summed E-state index contributed by atoms with van der Waals surface area (Å²) in [6, 6.07) is 4.33. The van der Waals surface area contributed by atoms with Crippen molar-refractivity contribution in [3.05, 3.63) is 35.4 Å². The topological polar surface area (TPSA) is 29.3 Å². The first-order valence-electron chi connectivity index (χ1n) is 5.31. The number of imidazole rings is 1. The maximum Gasteiger partial charge on any atom is 0.110 e. The molecule has 0 spiro atoms. The molecule has 0 saturated heterocycles. The van der Waals surface area contributed by atoms with E-state index in [1.807, 2.05) is 14.0 Å². The lowest BCUT2D eigenvalue weighted by molar-refractivity contribution is 0.787. The Morgan fingerprint density at radius 3 is 2.87 bits per heavy atom. The molecule has 80 valence electrons. The van der Waals surface area contributed by atoms with Crippen LogP contribution in [0.4, 0.5) is 0 Å². The fraction of sp³-hybridized carbons (Fsp3) is 0.417. The summed E-state index contributed by atoms with van der Waals surface area (Å²) in [5, 5.41) is 3.16. The van der Waals surface area contributed by atoms with E-state index in [0.717, 1.165) is 24.5 Å². The number of hydrogen-bond acceptors (Lipinski definition) is 2. The molecule has 1 N–H and O–H groups in total. The average molecular weight is 203 g/mol. The van der Waals surface area contributed by atoms with Gasteiger partial charge in [0.05, 0.1) is 11.2 Å². The summed E-state index contributed by atoms with van der Waals surface area (Å²) in [7, 11) is 1.98. The fourth-order valence-corrected chi connectivity index (χ4v) is 1.88. The van der Waals surface area contributed by atoms with Gasteiger partial charge in [-0.3, -0.25) is 0 Å². The highest BCUT2D eigenvalue weighted by atomic mass is 15.0. The highest BCUT2D eigenvalue weighted by Gasteiger charge is 2.04. The lowest BCUT2D eigenvalue weighted by atomic mass is 10.2. The third-order valence-electron chi connectivity index (χ3n) is 2.72. The Morgan fingerprint density at radius 1 is 1.33 bits per heavy atom. The minimum absolute atomic E-state index is 1.01. The molecule has 0 aliphatic rings. The lowest BCUT2D eigenvalue weighted by Crippen LogP contribution is -2.10. The average Bonchev–Trinajstić information content (AvgIpc) is 2.52. The van der Waals surface area contributed by atoms with E-state index >= 15 is 0 Å². The molecule has 0 atom stereocenters. The molecule has 3 heteroatoms. The van der Waals surface area contributed by atoms with E-state index in [9.17, 15) is 0 Å². The van der Waals surface area contributed by atoms with Crippen LogP contribution in [-0.2, 0) is 6.42 Å². The number of likely N-dealkylation sites (N-methyl/N-ethyl adjacent to an activating group) is 1. The van der Waals surface area contributed by atoms with Crippen molar-refractivity contribution in [2.24, 2.45) is 0 Å². The first-order valence-corrected chi connectivity index (χ1v) is 5.31. The number of aromatic nitrogens is 2. The molecule has 0 unspecified atom stereocenters. The van der Waals surface area contributed by atoms with Gasteiger partial charge in [-0.05, 0) is 45.5 Å². The van der Waals surface area contributed by atoms with E-state index in [1.54, 1.807) is 0 Å². The minimum Gasteiger partial charge on any atom is -0.319 e. The minimum atomic E-state index is 1.01. The van der Waals surface area contributed by atoms with Gasteiger partial charge < -0.3 is 9.72 Å². The van der Waals surface area contributed by atoms with Gasteiger partial charge in [-0.15, -0.1) is 0 Å². The monoisotopic (exact) mass is 203 g/mol. The van der Waals surface area contributed by atoms with E-state index in [1.165, 1.54) is 11.1 Å². The fourth-order valence-electron chi connectivity index (χ4n) is 1.88.